The van der Waals surface area contributed by atoms with Gasteiger partial charge in [-0.25, -0.2) is 0 Å². The number of halogens is 2. The molecule has 1 aromatic carbocycles. The maximum Gasteiger partial charge on any atom is 0.249 e. The Balaban J connectivity index is 2.38. The molecule has 1 N–H and O–H groups in total. The fraction of sp³-hybridized carbons (Fsp3) is 0.385. The molecule has 2 amide bonds. The second kappa shape index (κ2) is 5.80. The molecule has 2 rings (SSSR count). The number of hydrogen-bond acceptors (Lipinski definition) is 2. The highest BCUT2D eigenvalue weighted by molar-refractivity contribution is 6.35. The van der Waals surface area contributed by atoms with Crippen molar-refractivity contribution in [1.29, 1.82) is 0 Å². The number of rotatable bonds is 2. The highest BCUT2D eigenvalue weighted by atomic mass is 35.5. The first-order valence-electron chi connectivity index (χ1n) is 6.08. The van der Waals surface area contributed by atoms with Crippen molar-refractivity contribution in [2.24, 2.45) is 0 Å². The molecule has 0 aliphatic carbocycles. The number of nitrogens with zero attached hydrogens (tertiary/aromatic N) is 1. The molecule has 0 saturated carbocycles. The average molecular weight is 301 g/mol. The zero-order valence-corrected chi connectivity index (χ0v) is 12.0. The summed E-state index contributed by atoms with van der Waals surface area (Å²) in [7, 11) is 0. The summed E-state index contributed by atoms with van der Waals surface area (Å²) in [4.78, 5) is 25.5. The molecule has 102 valence electrons. The van der Waals surface area contributed by atoms with E-state index in [4.69, 9.17) is 23.2 Å². The summed E-state index contributed by atoms with van der Waals surface area (Å²) in [6.45, 7) is 2.16. The van der Waals surface area contributed by atoms with Crippen molar-refractivity contribution >= 4 is 40.7 Å². The van der Waals surface area contributed by atoms with Crippen LogP contribution in [0.25, 0.3) is 0 Å². The third-order valence-corrected chi connectivity index (χ3v) is 3.62. The van der Waals surface area contributed by atoms with Crippen LogP contribution in [0.5, 0.6) is 0 Å². The van der Waals surface area contributed by atoms with E-state index in [1.807, 2.05) is 6.92 Å². The first-order valence-corrected chi connectivity index (χ1v) is 6.84. The van der Waals surface area contributed by atoms with Crippen LogP contribution in [-0.2, 0) is 9.59 Å². The first kappa shape index (κ1) is 14.2. The van der Waals surface area contributed by atoms with Gasteiger partial charge in [-0.2, -0.15) is 0 Å². The monoisotopic (exact) mass is 300 g/mol. The number of amides is 2. The Bertz CT molecular complexity index is 519. The lowest BCUT2D eigenvalue weighted by Crippen LogP contribution is -2.44. The van der Waals surface area contributed by atoms with E-state index in [2.05, 4.69) is 5.32 Å². The SMILES string of the molecule is CCC1NC(=O)CCN(c2cc(Cl)ccc2Cl)C1=O. The number of anilines is 1. The molecule has 1 aliphatic heterocycles. The van der Waals surface area contributed by atoms with E-state index in [-0.39, 0.29) is 18.2 Å². The minimum Gasteiger partial charge on any atom is -0.344 e. The maximum atomic E-state index is 12.4. The van der Waals surface area contributed by atoms with E-state index >= 15 is 0 Å². The zero-order chi connectivity index (χ0) is 14.0. The van der Waals surface area contributed by atoms with Gasteiger partial charge in [0.2, 0.25) is 11.8 Å². The standard InChI is InChI=1S/C13H14Cl2N2O2/c1-2-10-13(19)17(6-5-12(18)16-10)11-7-8(14)3-4-9(11)15/h3-4,7,10H,2,5-6H2,1H3,(H,16,18). The highest BCUT2D eigenvalue weighted by Crippen LogP contribution is 2.30. The number of carbonyl (C=O) groups excluding carboxylic acids is 2. The molecule has 1 unspecified atom stereocenters. The van der Waals surface area contributed by atoms with Gasteiger partial charge in [0.15, 0.2) is 0 Å². The van der Waals surface area contributed by atoms with E-state index in [1.54, 1.807) is 18.2 Å². The van der Waals surface area contributed by atoms with Crippen molar-refractivity contribution in [3.05, 3.63) is 28.2 Å². The Morgan fingerprint density at radius 1 is 1.37 bits per heavy atom. The highest BCUT2D eigenvalue weighted by Gasteiger charge is 2.30. The molecule has 1 heterocycles. The van der Waals surface area contributed by atoms with Gasteiger partial charge >= 0.3 is 0 Å². The van der Waals surface area contributed by atoms with Gasteiger partial charge in [0.25, 0.3) is 0 Å². The van der Waals surface area contributed by atoms with Crippen molar-refractivity contribution in [1.82, 2.24) is 5.32 Å². The van der Waals surface area contributed by atoms with Crippen LogP contribution in [0.4, 0.5) is 5.69 Å². The molecule has 1 saturated heterocycles. The van der Waals surface area contributed by atoms with Crippen molar-refractivity contribution in [3.8, 4) is 0 Å². The fourth-order valence-corrected chi connectivity index (χ4v) is 2.43. The molecule has 1 atom stereocenters. The van der Waals surface area contributed by atoms with E-state index in [0.717, 1.165) is 0 Å². The number of hydrogen-bond donors (Lipinski definition) is 1. The molecule has 19 heavy (non-hydrogen) atoms. The van der Waals surface area contributed by atoms with Gasteiger partial charge in [-0.05, 0) is 24.6 Å². The maximum absolute atomic E-state index is 12.4. The molecular weight excluding hydrogens is 287 g/mol. The third kappa shape index (κ3) is 3.01. The summed E-state index contributed by atoms with van der Waals surface area (Å²) in [6.07, 6.45) is 0.796. The molecule has 0 bridgehead atoms. The topological polar surface area (TPSA) is 49.4 Å². The van der Waals surface area contributed by atoms with Gasteiger partial charge in [-0.3, -0.25) is 9.59 Å². The van der Waals surface area contributed by atoms with Crippen LogP contribution in [0, 0.1) is 0 Å². The molecule has 1 aromatic rings. The molecule has 1 aliphatic rings. The Morgan fingerprint density at radius 3 is 2.79 bits per heavy atom. The lowest BCUT2D eigenvalue weighted by molar-refractivity contribution is -0.125. The van der Waals surface area contributed by atoms with Crippen molar-refractivity contribution in [2.45, 2.75) is 25.8 Å². The smallest absolute Gasteiger partial charge is 0.249 e. The Kier molecular flexibility index (Phi) is 4.32. The van der Waals surface area contributed by atoms with Gasteiger partial charge in [0, 0.05) is 18.0 Å². The predicted molar refractivity (Wildman–Crippen MR) is 75.7 cm³/mol. The van der Waals surface area contributed by atoms with Crippen LogP contribution in [-0.4, -0.2) is 24.4 Å². The van der Waals surface area contributed by atoms with E-state index < -0.39 is 6.04 Å². The van der Waals surface area contributed by atoms with E-state index in [9.17, 15) is 9.59 Å². The van der Waals surface area contributed by atoms with Crippen molar-refractivity contribution in [2.75, 3.05) is 11.4 Å². The quantitative estimate of drug-likeness (QED) is 0.913. The Morgan fingerprint density at radius 2 is 2.11 bits per heavy atom. The second-order valence-corrected chi connectivity index (χ2v) is 5.21. The lowest BCUT2D eigenvalue weighted by atomic mass is 10.2. The lowest BCUT2D eigenvalue weighted by Gasteiger charge is -2.24. The van der Waals surface area contributed by atoms with Gasteiger partial charge in [-0.15, -0.1) is 0 Å². The molecular formula is C13H14Cl2N2O2. The minimum atomic E-state index is -0.509. The third-order valence-electron chi connectivity index (χ3n) is 3.07. The fourth-order valence-electron chi connectivity index (χ4n) is 2.05. The summed E-state index contributed by atoms with van der Waals surface area (Å²) in [5.74, 6) is -0.279. The van der Waals surface area contributed by atoms with Gasteiger partial charge in [0.05, 0.1) is 10.7 Å². The van der Waals surface area contributed by atoms with Crippen LogP contribution in [0.3, 0.4) is 0 Å². The summed E-state index contributed by atoms with van der Waals surface area (Å²) in [5, 5.41) is 3.66. The normalized spacial score (nSPS) is 20.2. The molecule has 0 spiro atoms. The van der Waals surface area contributed by atoms with Crippen LogP contribution in [0.1, 0.15) is 19.8 Å². The molecule has 6 heteroatoms. The molecule has 0 radical (unpaired) electrons. The van der Waals surface area contributed by atoms with Crippen LogP contribution in [0.15, 0.2) is 18.2 Å². The van der Waals surface area contributed by atoms with E-state index in [0.29, 0.717) is 28.7 Å². The van der Waals surface area contributed by atoms with Crippen molar-refractivity contribution in [3.63, 3.8) is 0 Å². The summed E-state index contributed by atoms with van der Waals surface area (Å²) in [5.41, 5.74) is 0.550. The largest absolute Gasteiger partial charge is 0.344 e. The Labute approximate surface area is 121 Å². The number of benzene rings is 1. The van der Waals surface area contributed by atoms with Crippen molar-refractivity contribution < 1.29 is 9.59 Å². The second-order valence-electron chi connectivity index (χ2n) is 4.36. The average Bonchev–Trinajstić information content (AvgIpc) is 2.52. The number of nitrogens with one attached hydrogen (secondary N) is 1. The van der Waals surface area contributed by atoms with Crippen LogP contribution < -0.4 is 10.2 Å². The molecule has 1 fully saturated rings. The van der Waals surface area contributed by atoms with E-state index in [1.165, 1.54) is 4.90 Å². The number of carbonyl (C=O) groups is 2. The summed E-state index contributed by atoms with van der Waals surface area (Å²) < 4.78 is 0. The van der Waals surface area contributed by atoms with Gasteiger partial charge in [0.1, 0.15) is 6.04 Å². The molecule has 4 nitrogen and oxygen atoms in total. The predicted octanol–water partition coefficient (Wildman–Crippen LogP) is 2.62. The van der Waals surface area contributed by atoms with Gasteiger partial charge < -0.3 is 10.2 Å². The minimum absolute atomic E-state index is 0.124. The molecule has 0 aromatic heterocycles. The summed E-state index contributed by atoms with van der Waals surface area (Å²) >= 11 is 12.1. The van der Waals surface area contributed by atoms with Crippen LogP contribution in [0.2, 0.25) is 10.0 Å². The zero-order valence-electron chi connectivity index (χ0n) is 10.5. The van der Waals surface area contributed by atoms with Crippen LogP contribution >= 0.6 is 23.2 Å². The first-order chi connectivity index (χ1) is 9.02. The van der Waals surface area contributed by atoms with Gasteiger partial charge in [-0.1, -0.05) is 30.1 Å². The Hall–Kier alpha value is -1.26. The summed E-state index contributed by atoms with van der Waals surface area (Å²) in [6, 6.07) is 4.44.